The second kappa shape index (κ2) is 4.49. The number of imidazole rings is 1. The van der Waals surface area contributed by atoms with Gasteiger partial charge >= 0.3 is 0 Å². The molecule has 0 aliphatic carbocycles. The number of aromatic nitrogens is 2. The SMILES string of the molecule is Nc1cccc(-c2ccc(N)cc2-c2ncc[nH]2)c1. The van der Waals surface area contributed by atoms with Crippen molar-refractivity contribution in [3.05, 3.63) is 54.9 Å². The quantitative estimate of drug-likeness (QED) is 0.612. The summed E-state index contributed by atoms with van der Waals surface area (Å²) in [5.74, 6) is 0.796. The van der Waals surface area contributed by atoms with E-state index in [2.05, 4.69) is 9.97 Å². The van der Waals surface area contributed by atoms with Crippen LogP contribution >= 0.6 is 0 Å². The van der Waals surface area contributed by atoms with Crippen molar-refractivity contribution in [1.82, 2.24) is 9.97 Å². The minimum Gasteiger partial charge on any atom is -0.399 e. The van der Waals surface area contributed by atoms with Gasteiger partial charge in [0.2, 0.25) is 0 Å². The van der Waals surface area contributed by atoms with Gasteiger partial charge < -0.3 is 16.5 Å². The second-order valence-electron chi connectivity index (χ2n) is 4.37. The third kappa shape index (κ3) is 2.15. The van der Waals surface area contributed by atoms with E-state index in [9.17, 15) is 0 Å². The van der Waals surface area contributed by atoms with Crippen LogP contribution in [-0.2, 0) is 0 Å². The zero-order valence-electron chi connectivity index (χ0n) is 10.3. The number of hydrogen-bond acceptors (Lipinski definition) is 3. The van der Waals surface area contributed by atoms with Gasteiger partial charge in [-0.05, 0) is 35.4 Å². The van der Waals surface area contributed by atoms with Crippen molar-refractivity contribution in [2.45, 2.75) is 0 Å². The number of nitrogens with zero attached hydrogens (tertiary/aromatic N) is 1. The number of nitrogen functional groups attached to an aromatic ring is 2. The molecule has 94 valence electrons. The van der Waals surface area contributed by atoms with Crippen LogP contribution in [0.15, 0.2) is 54.9 Å². The average molecular weight is 250 g/mol. The van der Waals surface area contributed by atoms with E-state index in [0.29, 0.717) is 5.69 Å². The maximum absolute atomic E-state index is 5.88. The first-order valence-corrected chi connectivity index (χ1v) is 5.99. The predicted octanol–water partition coefficient (Wildman–Crippen LogP) is 2.91. The molecule has 1 heterocycles. The van der Waals surface area contributed by atoms with E-state index >= 15 is 0 Å². The summed E-state index contributed by atoms with van der Waals surface area (Å²) in [5, 5.41) is 0. The van der Waals surface area contributed by atoms with Gasteiger partial charge in [-0.15, -0.1) is 0 Å². The highest BCUT2D eigenvalue weighted by Gasteiger charge is 2.10. The first kappa shape index (κ1) is 11.3. The van der Waals surface area contributed by atoms with E-state index in [1.807, 2.05) is 42.5 Å². The standard InChI is InChI=1S/C15H14N4/c16-11-3-1-2-10(8-11)13-5-4-12(17)9-14(13)15-18-6-7-19-15/h1-9H,16-17H2,(H,18,19). The molecule has 1 aromatic heterocycles. The average Bonchev–Trinajstić information content (AvgIpc) is 2.92. The van der Waals surface area contributed by atoms with Crippen molar-refractivity contribution in [3.63, 3.8) is 0 Å². The molecule has 0 aliphatic rings. The van der Waals surface area contributed by atoms with E-state index in [-0.39, 0.29) is 0 Å². The van der Waals surface area contributed by atoms with Gasteiger partial charge in [-0.3, -0.25) is 0 Å². The Morgan fingerprint density at radius 2 is 1.74 bits per heavy atom. The molecule has 19 heavy (non-hydrogen) atoms. The third-order valence-corrected chi connectivity index (χ3v) is 2.99. The number of H-pyrrole nitrogens is 1. The molecular formula is C15H14N4. The van der Waals surface area contributed by atoms with Gasteiger partial charge in [-0.25, -0.2) is 4.98 Å². The maximum atomic E-state index is 5.88. The van der Waals surface area contributed by atoms with Crippen LogP contribution in [0.5, 0.6) is 0 Å². The topological polar surface area (TPSA) is 80.7 Å². The normalized spacial score (nSPS) is 10.5. The number of hydrogen-bond donors (Lipinski definition) is 3. The van der Waals surface area contributed by atoms with Crippen molar-refractivity contribution in [3.8, 4) is 22.5 Å². The van der Waals surface area contributed by atoms with Crippen LogP contribution in [-0.4, -0.2) is 9.97 Å². The van der Waals surface area contributed by atoms with Crippen LogP contribution in [0.1, 0.15) is 0 Å². The Bertz CT molecular complexity index is 702. The van der Waals surface area contributed by atoms with Crippen molar-refractivity contribution in [2.24, 2.45) is 0 Å². The molecule has 0 bridgehead atoms. The van der Waals surface area contributed by atoms with Gasteiger partial charge in [0.05, 0.1) is 0 Å². The van der Waals surface area contributed by atoms with Crippen LogP contribution in [0.3, 0.4) is 0 Å². The lowest BCUT2D eigenvalue weighted by Gasteiger charge is -2.09. The Labute approximate surface area is 111 Å². The Kier molecular flexibility index (Phi) is 2.68. The van der Waals surface area contributed by atoms with E-state index in [0.717, 1.165) is 28.2 Å². The molecule has 5 N–H and O–H groups in total. The summed E-state index contributed by atoms with van der Waals surface area (Å²) in [5.41, 5.74) is 16.2. The summed E-state index contributed by atoms with van der Waals surface area (Å²) in [6, 6.07) is 13.6. The molecule has 0 unspecified atom stereocenters. The molecule has 2 aromatic carbocycles. The van der Waals surface area contributed by atoms with Gasteiger partial charge in [0.1, 0.15) is 5.82 Å². The molecular weight excluding hydrogens is 236 g/mol. The molecule has 0 amide bonds. The molecule has 4 heteroatoms. The maximum Gasteiger partial charge on any atom is 0.137 e. The van der Waals surface area contributed by atoms with Crippen molar-refractivity contribution in [1.29, 1.82) is 0 Å². The largest absolute Gasteiger partial charge is 0.399 e. The highest BCUT2D eigenvalue weighted by molar-refractivity contribution is 5.83. The number of nitrogens with two attached hydrogens (primary N) is 2. The summed E-state index contributed by atoms with van der Waals surface area (Å²) >= 11 is 0. The fourth-order valence-corrected chi connectivity index (χ4v) is 2.13. The molecule has 0 atom stereocenters. The lowest BCUT2D eigenvalue weighted by molar-refractivity contribution is 1.31. The van der Waals surface area contributed by atoms with E-state index in [1.54, 1.807) is 12.4 Å². The van der Waals surface area contributed by atoms with Crippen molar-refractivity contribution < 1.29 is 0 Å². The fourth-order valence-electron chi connectivity index (χ4n) is 2.13. The summed E-state index contributed by atoms with van der Waals surface area (Å²) < 4.78 is 0. The molecule has 0 saturated heterocycles. The van der Waals surface area contributed by atoms with Gasteiger partial charge in [-0.1, -0.05) is 18.2 Å². The summed E-state index contributed by atoms with van der Waals surface area (Å²) in [6.07, 6.45) is 3.52. The van der Waals surface area contributed by atoms with Gasteiger partial charge in [-0.2, -0.15) is 0 Å². The second-order valence-corrected chi connectivity index (χ2v) is 4.37. The number of nitrogens with one attached hydrogen (secondary N) is 1. The van der Waals surface area contributed by atoms with E-state index in [1.165, 1.54) is 0 Å². The van der Waals surface area contributed by atoms with Crippen LogP contribution in [0.2, 0.25) is 0 Å². The lowest BCUT2D eigenvalue weighted by Crippen LogP contribution is -1.92. The monoisotopic (exact) mass is 250 g/mol. The van der Waals surface area contributed by atoms with E-state index in [4.69, 9.17) is 11.5 Å². The van der Waals surface area contributed by atoms with Gasteiger partial charge in [0.15, 0.2) is 0 Å². The lowest BCUT2D eigenvalue weighted by atomic mass is 9.98. The highest BCUT2D eigenvalue weighted by atomic mass is 14.9. The minimum absolute atomic E-state index is 0.707. The summed E-state index contributed by atoms with van der Waals surface area (Å²) in [7, 11) is 0. The zero-order chi connectivity index (χ0) is 13.2. The van der Waals surface area contributed by atoms with Crippen molar-refractivity contribution >= 4 is 11.4 Å². The number of benzene rings is 2. The molecule has 0 radical (unpaired) electrons. The Morgan fingerprint density at radius 1 is 0.895 bits per heavy atom. The van der Waals surface area contributed by atoms with Gasteiger partial charge in [0.25, 0.3) is 0 Å². The number of aromatic amines is 1. The first-order valence-electron chi connectivity index (χ1n) is 5.99. The Morgan fingerprint density at radius 3 is 2.47 bits per heavy atom. The van der Waals surface area contributed by atoms with Crippen molar-refractivity contribution in [2.75, 3.05) is 11.5 Å². The molecule has 0 fully saturated rings. The molecule has 0 saturated carbocycles. The minimum atomic E-state index is 0.707. The Balaban J connectivity index is 2.21. The molecule has 3 rings (SSSR count). The van der Waals surface area contributed by atoms with Crippen LogP contribution < -0.4 is 11.5 Å². The van der Waals surface area contributed by atoms with Crippen LogP contribution in [0, 0.1) is 0 Å². The summed E-state index contributed by atoms with van der Waals surface area (Å²) in [4.78, 5) is 7.40. The predicted molar refractivity (Wildman–Crippen MR) is 78.3 cm³/mol. The molecule has 0 spiro atoms. The molecule has 3 aromatic rings. The zero-order valence-corrected chi connectivity index (χ0v) is 10.3. The smallest absolute Gasteiger partial charge is 0.137 e. The third-order valence-electron chi connectivity index (χ3n) is 2.99. The Hall–Kier alpha value is -2.75. The van der Waals surface area contributed by atoms with Crippen LogP contribution in [0.25, 0.3) is 22.5 Å². The number of anilines is 2. The first-order chi connectivity index (χ1) is 9.24. The molecule has 0 aliphatic heterocycles. The fraction of sp³-hybridized carbons (Fsp3) is 0. The van der Waals surface area contributed by atoms with Gasteiger partial charge in [0, 0.05) is 29.3 Å². The highest BCUT2D eigenvalue weighted by Crippen LogP contribution is 2.32. The number of rotatable bonds is 2. The van der Waals surface area contributed by atoms with Crippen LogP contribution in [0.4, 0.5) is 11.4 Å². The molecule has 4 nitrogen and oxygen atoms in total. The summed E-state index contributed by atoms with van der Waals surface area (Å²) in [6.45, 7) is 0. The van der Waals surface area contributed by atoms with E-state index < -0.39 is 0 Å².